The van der Waals surface area contributed by atoms with E-state index in [9.17, 15) is 4.79 Å². The number of rotatable bonds is 6. The molecular formula is C20H18N2O2. The summed E-state index contributed by atoms with van der Waals surface area (Å²) in [5, 5.41) is 3.25. The van der Waals surface area contributed by atoms with E-state index in [-0.39, 0.29) is 5.91 Å². The summed E-state index contributed by atoms with van der Waals surface area (Å²) in [6.07, 6.45) is 0. The molecule has 4 nitrogen and oxygen atoms in total. The minimum absolute atomic E-state index is 0.287. The molecule has 4 heteroatoms. The van der Waals surface area contributed by atoms with E-state index in [0.717, 1.165) is 16.9 Å². The smallest absolute Gasteiger partial charge is 0.276 e. The minimum atomic E-state index is -0.287. The highest BCUT2D eigenvalue weighted by Crippen LogP contribution is 2.20. The number of amides is 1. The van der Waals surface area contributed by atoms with Crippen molar-refractivity contribution in [2.45, 2.75) is 6.61 Å². The van der Waals surface area contributed by atoms with Gasteiger partial charge < -0.3 is 5.32 Å². The van der Waals surface area contributed by atoms with Gasteiger partial charge in [-0.15, -0.1) is 0 Å². The summed E-state index contributed by atoms with van der Waals surface area (Å²) in [7, 11) is 0. The van der Waals surface area contributed by atoms with Gasteiger partial charge in [0, 0.05) is 5.69 Å². The first-order valence-electron chi connectivity index (χ1n) is 7.70. The van der Waals surface area contributed by atoms with Crippen LogP contribution in [0.1, 0.15) is 15.9 Å². The van der Waals surface area contributed by atoms with Crippen LogP contribution in [0.5, 0.6) is 0 Å². The van der Waals surface area contributed by atoms with Crippen LogP contribution in [0.2, 0.25) is 0 Å². The van der Waals surface area contributed by atoms with Gasteiger partial charge in [0.2, 0.25) is 0 Å². The molecule has 0 saturated heterocycles. The summed E-state index contributed by atoms with van der Waals surface area (Å²) in [5.41, 5.74) is 5.66. The maximum absolute atomic E-state index is 12.4. The standard InChI is InChI=1S/C20H18N2O2/c23-20(22-24-15-16-9-3-1-4-10-16)18-13-7-8-14-19(18)21-17-11-5-2-6-12-17/h1-14,21H,15H2,(H,22,23). The SMILES string of the molecule is O=C(NOCc1ccccc1)c1ccccc1Nc1ccccc1. The van der Waals surface area contributed by atoms with Gasteiger partial charge in [-0.2, -0.15) is 0 Å². The summed E-state index contributed by atoms with van der Waals surface area (Å²) in [5.74, 6) is -0.287. The predicted molar refractivity (Wildman–Crippen MR) is 94.9 cm³/mol. The number of anilines is 2. The highest BCUT2D eigenvalue weighted by atomic mass is 16.6. The number of hydrogen-bond donors (Lipinski definition) is 2. The van der Waals surface area contributed by atoms with E-state index in [1.54, 1.807) is 6.07 Å². The fourth-order valence-electron chi connectivity index (χ4n) is 2.28. The molecule has 24 heavy (non-hydrogen) atoms. The molecule has 3 aromatic carbocycles. The van der Waals surface area contributed by atoms with Crippen LogP contribution in [0, 0.1) is 0 Å². The molecular weight excluding hydrogens is 300 g/mol. The molecule has 0 saturated carbocycles. The topological polar surface area (TPSA) is 50.4 Å². The molecule has 0 aliphatic rings. The van der Waals surface area contributed by atoms with Crippen molar-refractivity contribution < 1.29 is 9.63 Å². The molecule has 0 radical (unpaired) electrons. The Bertz CT molecular complexity index is 789. The summed E-state index contributed by atoms with van der Waals surface area (Å²) in [4.78, 5) is 17.7. The maximum atomic E-state index is 12.4. The number of para-hydroxylation sites is 2. The summed E-state index contributed by atoms with van der Waals surface area (Å²) in [6, 6.07) is 26.7. The van der Waals surface area contributed by atoms with Crippen molar-refractivity contribution in [1.82, 2.24) is 5.48 Å². The number of hydrogen-bond acceptors (Lipinski definition) is 3. The number of carbonyl (C=O) groups excluding carboxylic acids is 1. The molecule has 120 valence electrons. The molecule has 0 aliphatic carbocycles. The van der Waals surface area contributed by atoms with Crippen molar-refractivity contribution >= 4 is 17.3 Å². The molecule has 0 heterocycles. The van der Waals surface area contributed by atoms with Crippen LogP contribution in [-0.2, 0) is 11.4 Å². The second-order valence-corrected chi connectivity index (χ2v) is 5.24. The van der Waals surface area contributed by atoms with E-state index in [4.69, 9.17) is 4.84 Å². The van der Waals surface area contributed by atoms with E-state index in [1.165, 1.54) is 0 Å². The number of nitrogens with one attached hydrogen (secondary N) is 2. The zero-order valence-electron chi connectivity index (χ0n) is 13.1. The van der Waals surface area contributed by atoms with Gasteiger partial charge in [-0.3, -0.25) is 9.63 Å². The van der Waals surface area contributed by atoms with Crippen LogP contribution in [0.3, 0.4) is 0 Å². The molecule has 0 spiro atoms. The van der Waals surface area contributed by atoms with E-state index in [2.05, 4.69) is 10.8 Å². The van der Waals surface area contributed by atoms with Crippen LogP contribution in [0.4, 0.5) is 11.4 Å². The van der Waals surface area contributed by atoms with Crippen molar-refractivity contribution in [2.75, 3.05) is 5.32 Å². The van der Waals surface area contributed by atoms with Gasteiger partial charge in [0.25, 0.3) is 5.91 Å². The molecule has 0 aromatic heterocycles. The Balaban J connectivity index is 1.64. The van der Waals surface area contributed by atoms with E-state index < -0.39 is 0 Å². The molecule has 2 N–H and O–H groups in total. The number of hydroxylamine groups is 1. The molecule has 0 aliphatic heterocycles. The Hall–Kier alpha value is -3.11. The fraction of sp³-hybridized carbons (Fsp3) is 0.0500. The highest BCUT2D eigenvalue weighted by Gasteiger charge is 2.11. The molecule has 0 fully saturated rings. The lowest BCUT2D eigenvalue weighted by Gasteiger charge is -2.12. The molecule has 3 rings (SSSR count). The van der Waals surface area contributed by atoms with Gasteiger partial charge in [-0.05, 0) is 29.8 Å². The molecule has 0 atom stereocenters. The van der Waals surface area contributed by atoms with Gasteiger partial charge in [0.15, 0.2) is 0 Å². The first kappa shape index (κ1) is 15.8. The van der Waals surface area contributed by atoms with Crippen LogP contribution >= 0.6 is 0 Å². The third kappa shape index (κ3) is 4.21. The van der Waals surface area contributed by atoms with E-state index >= 15 is 0 Å². The van der Waals surface area contributed by atoms with Crippen molar-refractivity contribution in [3.8, 4) is 0 Å². The first-order valence-corrected chi connectivity index (χ1v) is 7.70. The average Bonchev–Trinajstić information content (AvgIpc) is 2.64. The van der Waals surface area contributed by atoms with E-state index in [1.807, 2.05) is 78.9 Å². The number of benzene rings is 3. The zero-order valence-corrected chi connectivity index (χ0v) is 13.1. The molecule has 1 amide bonds. The Morgan fingerprint density at radius 2 is 1.42 bits per heavy atom. The van der Waals surface area contributed by atoms with Gasteiger partial charge in [-0.25, -0.2) is 5.48 Å². The summed E-state index contributed by atoms with van der Waals surface area (Å²) in [6.45, 7) is 0.320. The highest BCUT2D eigenvalue weighted by molar-refractivity contribution is 5.99. The van der Waals surface area contributed by atoms with Crippen LogP contribution in [0.15, 0.2) is 84.9 Å². The second kappa shape index (κ2) is 7.94. The Morgan fingerprint density at radius 1 is 0.792 bits per heavy atom. The third-order valence-corrected chi connectivity index (χ3v) is 3.47. The lowest BCUT2D eigenvalue weighted by atomic mass is 10.1. The van der Waals surface area contributed by atoms with Crippen LogP contribution < -0.4 is 10.8 Å². The monoisotopic (exact) mass is 318 g/mol. The Labute approximate surface area is 141 Å². The summed E-state index contributed by atoms with van der Waals surface area (Å²) >= 11 is 0. The lowest BCUT2D eigenvalue weighted by Crippen LogP contribution is -2.24. The first-order chi connectivity index (χ1) is 11.8. The van der Waals surface area contributed by atoms with Crippen molar-refractivity contribution in [3.05, 3.63) is 96.1 Å². The van der Waals surface area contributed by atoms with Gasteiger partial charge in [0.05, 0.1) is 17.9 Å². The second-order valence-electron chi connectivity index (χ2n) is 5.24. The zero-order chi connectivity index (χ0) is 16.6. The largest absolute Gasteiger partial charge is 0.355 e. The van der Waals surface area contributed by atoms with Crippen molar-refractivity contribution in [3.63, 3.8) is 0 Å². The molecule has 0 bridgehead atoms. The van der Waals surface area contributed by atoms with Gasteiger partial charge in [0.1, 0.15) is 0 Å². The summed E-state index contributed by atoms with van der Waals surface area (Å²) < 4.78 is 0. The van der Waals surface area contributed by atoms with Crippen molar-refractivity contribution in [1.29, 1.82) is 0 Å². The Morgan fingerprint density at radius 3 is 2.17 bits per heavy atom. The molecule has 0 unspecified atom stereocenters. The lowest BCUT2D eigenvalue weighted by molar-refractivity contribution is 0.0234. The number of carbonyl (C=O) groups is 1. The Kier molecular flexibility index (Phi) is 5.22. The third-order valence-electron chi connectivity index (χ3n) is 3.47. The maximum Gasteiger partial charge on any atom is 0.276 e. The normalized spacial score (nSPS) is 10.2. The van der Waals surface area contributed by atoms with Crippen LogP contribution in [0.25, 0.3) is 0 Å². The average molecular weight is 318 g/mol. The fourth-order valence-corrected chi connectivity index (χ4v) is 2.28. The van der Waals surface area contributed by atoms with E-state index in [0.29, 0.717) is 12.2 Å². The van der Waals surface area contributed by atoms with Crippen molar-refractivity contribution in [2.24, 2.45) is 0 Å². The predicted octanol–water partition coefficient (Wildman–Crippen LogP) is 4.29. The minimum Gasteiger partial charge on any atom is -0.355 e. The van der Waals surface area contributed by atoms with Gasteiger partial charge >= 0.3 is 0 Å². The molecule has 3 aromatic rings. The quantitative estimate of drug-likeness (QED) is 0.667. The van der Waals surface area contributed by atoms with Crippen LogP contribution in [-0.4, -0.2) is 5.91 Å². The van der Waals surface area contributed by atoms with Gasteiger partial charge in [-0.1, -0.05) is 60.7 Å².